The van der Waals surface area contributed by atoms with Crippen LogP contribution in [0.25, 0.3) is 10.9 Å². The second-order valence-electron chi connectivity index (χ2n) is 6.24. The smallest absolute Gasteiger partial charge is 0.329 e. The molecule has 0 fully saturated rings. The predicted molar refractivity (Wildman–Crippen MR) is 96.9 cm³/mol. The first kappa shape index (κ1) is 16.6. The van der Waals surface area contributed by atoms with Crippen LogP contribution in [-0.4, -0.2) is 32.0 Å². The number of benzene rings is 1. The molecule has 0 bridgehead atoms. The van der Waals surface area contributed by atoms with Crippen molar-refractivity contribution in [2.75, 3.05) is 6.54 Å². The summed E-state index contributed by atoms with van der Waals surface area (Å²) >= 11 is 0. The maximum absolute atomic E-state index is 13.1. The zero-order valence-electron chi connectivity index (χ0n) is 14.0. The van der Waals surface area contributed by atoms with Gasteiger partial charge in [0.15, 0.2) is 0 Å². The molecule has 1 amide bonds. The van der Waals surface area contributed by atoms with Gasteiger partial charge in [-0.2, -0.15) is 0 Å². The number of amides is 1. The molecule has 1 unspecified atom stereocenters. The van der Waals surface area contributed by atoms with Gasteiger partial charge < -0.3 is 9.88 Å². The second kappa shape index (κ2) is 5.98. The average Bonchev–Trinajstić information content (AvgIpc) is 3.10. The summed E-state index contributed by atoms with van der Waals surface area (Å²) in [4.78, 5) is 22.6. The SMILES string of the molecule is Cc1[nH]cnc1C(C)N1CCc2c(C)c3ccccc3n2C1=O.Cl. The van der Waals surface area contributed by atoms with Gasteiger partial charge in [-0.15, -0.1) is 12.4 Å². The first-order valence-corrected chi connectivity index (χ1v) is 7.99. The standard InChI is InChI=1S/C18H20N4O.ClH/c1-11-14-6-4-5-7-16(14)22-15(11)8-9-21(18(22)23)13(3)17-12(2)19-10-20-17;/h4-7,10,13H,8-9H2,1-3H3,(H,19,20);1H. The van der Waals surface area contributed by atoms with Gasteiger partial charge in [-0.1, -0.05) is 18.2 Å². The molecule has 0 spiro atoms. The zero-order chi connectivity index (χ0) is 16.1. The van der Waals surface area contributed by atoms with Crippen LogP contribution in [0.4, 0.5) is 4.79 Å². The van der Waals surface area contributed by atoms with Crippen LogP contribution in [0.5, 0.6) is 0 Å². The maximum Gasteiger partial charge on any atom is 0.329 e. The summed E-state index contributed by atoms with van der Waals surface area (Å²) in [6.45, 7) is 6.88. The van der Waals surface area contributed by atoms with E-state index in [2.05, 4.69) is 23.0 Å². The van der Waals surface area contributed by atoms with E-state index in [1.54, 1.807) is 6.33 Å². The molecule has 0 radical (unpaired) electrons. The highest BCUT2D eigenvalue weighted by atomic mass is 35.5. The lowest BCUT2D eigenvalue weighted by Crippen LogP contribution is -2.43. The number of fused-ring (bicyclic) bond motifs is 3. The molecule has 3 aromatic rings. The van der Waals surface area contributed by atoms with E-state index in [1.807, 2.05) is 41.5 Å². The van der Waals surface area contributed by atoms with E-state index >= 15 is 0 Å². The van der Waals surface area contributed by atoms with Crippen molar-refractivity contribution in [3.63, 3.8) is 0 Å². The van der Waals surface area contributed by atoms with Gasteiger partial charge in [-0.25, -0.2) is 9.78 Å². The highest BCUT2D eigenvalue weighted by molar-refractivity contribution is 5.96. The van der Waals surface area contributed by atoms with Crippen LogP contribution in [0.3, 0.4) is 0 Å². The highest BCUT2D eigenvalue weighted by Crippen LogP contribution is 2.32. The van der Waals surface area contributed by atoms with Crippen molar-refractivity contribution in [1.29, 1.82) is 0 Å². The first-order valence-electron chi connectivity index (χ1n) is 7.99. The molecule has 0 saturated heterocycles. The van der Waals surface area contributed by atoms with E-state index < -0.39 is 0 Å². The molecule has 6 heteroatoms. The summed E-state index contributed by atoms with van der Waals surface area (Å²) in [5.74, 6) is 0. The minimum absolute atomic E-state index is 0. The van der Waals surface area contributed by atoms with Crippen LogP contribution >= 0.6 is 12.4 Å². The Morgan fingerprint density at radius 3 is 2.71 bits per heavy atom. The third kappa shape index (κ3) is 2.23. The lowest BCUT2D eigenvalue weighted by molar-refractivity contribution is 0.173. The summed E-state index contributed by atoms with van der Waals surface area (Å²) in [5.41, 5.74) is 5.32. The number of aryl methyl sites for hydroxylation is 2. The van der Waals surface area contributed by atoms with Crippen LogP contribution in [0, 0.1) is 13.8 Å². The summed E-state index contributed by atoms with van der Waals surface area (Å²) in [6.07, 6.45) is 2.57. The van der Waals surface area contributed by atoms with Gasteiger partial charge in [0.1, 0.15) is 0 Å². The van der Waals surface area contributed by atoms with Crippen LogP contribution in [0.2, 0.25) is 0 Å². The van der Waals surface area contributed by atoms with Gasteiger partial charge in [-0.3, -0.25) is 4.57 Å². The zero-order valence-corrected chi connectivity index (χ0v) is 14.9. The van der Waals surface area contributed by atoms with Gasteiger partial charge in [0.2, 0.25) is 0 Å². The Labute approximate surface area is 147 Å². The van der Waals surface area contributed by atoms with Gasteiger partial charge in [0.05, 0.1) is 23.6 Å². The lowest BCUT2D eigenvalue weighted by Gasteiger charge is -2.33. The Kier molecular flexibility index (Phi) is 4.13. The largest absolute Gasteiger partial charge is 0.348 e. The molecule has 1 atom stereocenters. The van der Waals surface area contributed by atoms with Crippen LogP contribution < -0.4 is 0 Å². The monoisotopic (exact) mass is 344 g/mol. The highest BCUT2D eigenvalue weighted by Gasteiger charge is 2.32. The van der Waals surface area contributed by atoms with Crippen LogP contribution in [-0.2, 0) is 6.42 Å². The van der Waals surface area contributed by atoms with E-state index in [-0.39, 0.29) is 24.5 Å². The van der Waals surface area contributed by atoms with Gasteiger partial charge >= 0.3 is 6.03 Å². The Hall–Kier alpha value is -2.27. The van der Waals surface area contributed by atoms with Gasteiger partial charge in [0, 0.05) is 29.7 Å². The number of H-pyrrole nitrogens is 1. The Balaban J connectivity index is 0.00000169. The molecule has 126 valence electrons. The van der Waals surface area contributed by atoms with E-state index in [1.165, 1.54) is 10.9 Å². The quantitative estimate of drug-likeness (QED) is 0.764. The number of aromatic amines is 1. The molecule has 1 N–H and O–H groups in total. The van der Waals surface area contributed by atoms with Crippen molar-refractivity contribution in [1.82, 2.24) is 19.4 Å². The topological polar surface area (TPSA) is 53.9 Å². The number of rotatable bonds is 2. The number of aromatic nitrogens is 3. The molecule has 1 aliphatic rings. The van der Waals surface area contributed by atoms with Gasteiger partial charge in [0.25, 0.3) is 0 Å². The summed E-state index contributed by atoms with van der Waals surface area (Å²) in [7, 11) is 0. The number of carbonyl (C=O) groups is 1. The van der Waals surface area contributed by atoms with E-state index in [4.69, 9.17) is 0 Å². The summed E-state index contributed by atoms with van der Waals surface area (Å²) in [5, 5.41) is 1.17. The van der Waals surface area contributed by atoms with Crippen LogP contribution in [0.15, 0.2) is 30.6 Å². The van der Waals surface area contributed by atoms with E-state index in [0.717, 1.165) is 35.6 Å². The summed E-state index contributed by atoms with van der Waals surface area (Å²) < 4.78 is 1.88. The minimum atomic E-state index is -0.0385. The van der Waals surface area contributed by atoms with E-state index in [9.17, 15) is 4.79 Å². The van der Waals surface area contributed by atoms with Crippen molar-refractivity contribution >= 4 is 29.3 Å². The number of nitrogens with one attached hydrogen (secondary N) is 1. The fourth-order valence-corrected chi connectivity index (χ4v) is 3.72. The molecule has 5 nitrogen and oxygen atoms in total. The molecule has 1 aliphatic heterocycles. The van der Waals surface area contributed by atoms with Gasteiger partial charge in [-0.05, 0) is 32.4 Å². The number of para-hydroxylation sites is 1. The fourth-order valence-electron chi connectivity index (χ4n) is 3.72. The van der Waals surface area contributed by atoms with Crippen molar-refractivity contribution in [2.24, 2.45) is 0 Å². The fraction of sp³-hybridized carbons (Fsp3) is 0.333. The normalized spacial score (nSPS) is 15.3. The molecule has 3 heterocycles. The minimum Gasteiger partial charge on any atom is -0.348 e. The van der Waals surface area contributed by atoms with Crippen LogP contribution in [0.1, 0.15) is 35.6 Å². The first-order chi connectivity index (χ1) is 11.1. The molecule has 24 heavy (non-hydrogen) atoms. The van der Waals surface area contributed by atoms with Crippen molar-refractivity contribution in [2.45, 2.75) is 33.2 Å². The number of carbonyl (C=O) groups excluding carboxylic acids is 1. The number of halogens is 1. The van der Waals surface area contributed by atoms with Crippen molar-refractivity contribution < 1.29 is 4.79 Å². The average molecular weight is 345 g/mol. The molecular formula is C18H21ClN4O. The molecule has 0 aliphatic carbocycles. The second-order valence-corrected chi connectivity index (χ2v) is 6.24. The predicted octanol–water partition coefficient (Wildman–Crippen LogP) is 3.99. The Morgan fingerprint density at radius 2 is 2.00 bits per heavy atom. The molecule has 2 aromatic heterocycles. The van der Waals surface area contributed by atoms with Crippen molar-refractivity contribution in [3.05, 3.63) is 53.2 Å². The van der Waals surface area contributed by atoms with E-state index in [0.29, 0.717) is 0 Å². The van der Waals surface area contributed by atoms with Crippen molar-refractivity contribution in [3.8, 4) is 0 Å². The Bertz CT molecular complexity index is 911. The number of hydrogen-bond acceptors (Lipinski definition) is 2. The lowest BCUT2D eigenvalue weighted by atomic mass is 10.1. The molecule has 1 aromatic carbocycles. The summed E-state index contributed by atoms with van der Waals surface area (Å²) in [6, 6.07) is 8.14. The number of hydrogen-bond donors (Lipinski definition) is 1. The maximum atomic E-state index is 13.1. The molecular weight excluding hydrogens is 324 g/mol. The molecule has 4 rings (SSSR count). The number of imidazole rings is 1. The third-order valence-corrected chi connectivity index (χ3v) is 5.01. The Morgan fingerprint density at radius 1 is 1.25 bits per heavy atom. The molecule has 0 saturated carbocycles. The number of nitrogens with zero attached hydrogens (tertiary/aromatic N) is 3. The third-order valence-electron chi connectivity index (χ3n) is 5.01.